The Morgan fingerprint density at radius 3 is 2.48 bits per heavy atom. The molecule has 1 amide bonds. The highest BCUT2D eigenvalue weighted by molar-refractivity contribution is 5.94. The number of furan rings is 1. The van der Waals surface area contributed by atoms with Gasteiger partial charge in [0.1, 0.15) is 11.5 Å². The second kappa shape index (κ2) is 6.75. The van der Waals surface area contributed by atoms with Crippen LogP contribution in [0.5, 0.6) is 0 Å². The molecule has 0 radical (unpaired) electrons. The van der Waals surface area contributed by atoms with Crippen LogP contribution in [0.25, 0.3) is 11.3 Å². The van der Waals surface area contributed by atoms with Gasteiger partial charge in [-0.2, -0.15) is 5.10 Å². The second-order valence-corrected chi connectivity index (χ2v) is 5.13. The van der Waals surface area contributed by atoms with E-state index >= 15 is 0 Å². The first-order valence-corrected chi connectivity index (χ1v) is 7.28. The number of hydrogen-bond acceptors (Lipinski definition) is 3. The van der Waals surface area contributed by atoms with Gasteiger partial charge in [-0.05, 0) is 31.2 Å². The van der Waals surface area contributed by atoms with Gasteiger partial charge in [-0.3, -0.25) is 4.79 Å². The van der Waals surface area contributed by atoms with Gasteiger partial charge in [0.25, 0.3) is 5.91 Å². The summed E-state index contributed by atoms with van der Waals surface area (Å²) in [6, 6.07) is 20.7. The Morgan fingerprint density at radius 1 is 1.00 bits per heavy atom. The van der Waals surface area contributed by atoms with Crippen molar-refractivity contribution in [3.05, 3.63) is 83.6 Å². The van der Waals surface area contributed by atoms with Crippen LogP contribution in [-0.4, -0.2) is 12.1 Å². The maximum Gasteiger partial charge on any atom is 0.271 e. The van der Waals surface area contributed by atoms with E-state index < -0.39 is 0 Å². The minimum Gasteiger partial charge on any atom is -0.455 e. The molecule has 114 valence electrons. The van der Waals surface area contributed by atoms with E-state index in [9.17, 15) is 4.79 Å². The lowest BCUT2D eigenvalue weighted by Gasteiger charge is -1.98. The van der Waals surface area contributed by atoms with Crippen LogP contribution in [0.3, 0.4) is 0 Å². The maximum atomic E-state index is 11.8. The van der Waals surface area contributed by atoms with Crippen molar-refractivity contribution in [3.8, 4) is 11.3 Å². The number of benzene rings is 2. The van der Waals surface area contributed by atoms with Gasteiger partial charge >= 0.3 is 0 Å². The molecule has 0 spiro atoms. The van der Waals surface area contributed by atoms with Crippen LogP contribution < -0.4 is 5.43 Å². The molecule has 1 N–H and O–H groups in total. The zero-order chi connectivity index (χ0) is 16.1. The summed E-state index contributed by atoms with van der Waals surface area (Å²) in [6.07, 6.45) is 1.48. The van der Waals surface area contributed by atoms with Crippen LogP contribution in [0.15, 0.2) is 76.2 Å². The number of nitrogens with zero attached hydrogens (tertiary/aromatic N) is 1. The maximum absolute atomic E-state index is 11.8. The third-order valence-corrected chi connectivity index (χ3v) is 3.36. The normalized spacial score (nSPS) is 10.8. The average Bonchev–Trinajstić information content (AvgIpc) is 3.05. The molecule has 3 rings (SSSR count). The van der Waals surface area contributed by atoms with Crippen molar-refractivity contribution >= 4 is 12.1 Å². The largest absolute Gasteiger partial charge is 0.455 e. The highest BCUT2D eigenvalue weighted by Gasteiger charge is 2.04. The van der Waals surface area contributed by atoms with Crippen molar-refractivity contribution in [2.75, 3.05) is 0 Å². The molecule has 4 nitrogen and oxygen atoms in total. The fraction of sp³-hybridized carbons (Fsp3) is 0.0526. The van der Waals surface area contributed by atoms with Crippen LogP contribution >= 0.6 is 0 Å². The standard InChI is InChI=1S/C19H16N2O2/c1-14-7-9-15(10-8-14)18-12-11-17(23-18)13-20-21-19(22)16-5-3-2-4-6-16/h2-13H,1H3,(H,21,22). The van der Waals surface area contributed by atoms with Crippen molar-refractivity contribution in [1.82, 2.24) is 5.43 Å². The molecule has 0 fully saturated rings. The summed E-state index contributed by atoms with van der Waals surface area (Å²) in [5.74, 6) is 1.09. The van der Waals surface area contributed by atoms with E-state index in [1.165, 1.54) is 11.8 Å². The van der Waals surface area contributed by atoms with Gasteiger partial charge in [-0.1, -0.05) is 48.0 Å². The van der Waals surface area contributed by atoms with Crippen LogP contribution in [0.2, 0.25) is 0 Å². The topological polar surface area (TPSA) is 54.6 Å². The van der Waals surface area contributed by atoms with E-state index in [0.29, 0.717) is 11.3 Å². The summed E-state index contributed by atoms with van der Waals surface area (Å²) >= 11 is 0. The average molecular weight is 304 g/mol. The highest BCUT2D eigenvalue weighted by atomic mass is 16.3. The molecule has 0 aliphatic rings. The van der Waals surface area contributed by atoms with E-state index in [1.807, 2.05) is 49.4 Å². The van der Waals surface area contributed by atoms with Crippen molar-refractivity contribution in [2.45, 2.75) is 6.92 Å². The summed E-state index contributed by atoms with van der Waals surface area (Å²) in [7, 11) is 0. The van der Waals surface area contributed by atoms with Crippen LogP contribution in [-0.2, 0) is 0 Å². The van der Waals surface area contributed by atoms with Crippen LogP contribution in [0, 0.1) is 6.92 Å². The molecule has 3 aromatic rings. The van der Waals surface area contributed by atoms with Gasteiger partial charge in [-0.25, -0.2) is 5.43 Å². The zero-order valence-corrected chi connectivity index (χ0v) is 12.7. The van der Waals surface area contributed by atoms with Crippen molar-refractivity contribution in [3.63, 3.8) is 0 Å². The van der Waals surface area contributed by atoms with E-state index in [4.69, 9.17) is 4.42 Å². The Morgan fingerprint density at radius 2 is 1.74 bits per heavy atom. The van der Waals surface area contributed by atoms with Gasteiger partial charge in [0, 0.05) is 11.1 Å². The van der Waals surface area contributed by atoms with Gasteiger partial charge in [0.05, 0.1) is 6.21 Å². The van der Waals surface area contributed by atoms with Gasteiger partial charge in [0.2, 0.25) is 0 Å². The Kier molecular flexibility index (Phi) is 4.34. The Hall–Kier alpha value is -3.14. The SMILES string of the molecule is Cc1ccc(-c2ccc(C=NNC(=O)c3ccccc3)o2)cc1. The number of hydrogen-bond donors (Lipinski definition) is 1. The molecule has 0 aliphatic carbocycles. The molecule has 0 bridgehead atoms. The molecule has 1 heterocycles. The van der Waals surface area contributed by atoms with E-state index in [2.05, 4.69) is 10.5 Å². The monoisotopic (exact) mass is 304 g/mol. The lowest BCUT2D eigenvalue weighted by Crippen LogP contribution is -2.17. The smallest absolute Gasteiger partial charge is 0.271 e. The molecule has 0 saturated carbocycles. The summed E-state index contributed by atoms with van der Waals surface area (Å²) in [5, 5.41) is 3.92. The van der Waals surface area contributed by atoms with Crippen LogP contribution in [0.4, 0.5) is 0 Å². The highest BCUT2D eigenvalue weighted by Crippen LogP contribution is 2.21. The number of hydrazone groups is 1. The molecule has 2 aromatic carbocycles. The number of aryl methyl sites for hydroxylation is 1. The van der Waals surface area contributed by atoms with E-state index in [0.717, 1.165) is 11.3 Å². The summed E-state index contributed by atoms with van der Waals surface area (Å²) in [5.41, 5.74) is 5.24. The molecule has 0 aliphatic heterocycles. The molecule has 1 aromatic heterocycles. The lowest BCUT2D eigenvalue weighted by atomic mass is 10.1. The second-order valence-electron chi connectivity index (χ2n) is 5.13. The summed E-state index contributed by atoms with van der Waals surface area (Å²) in [4.78, 5) is 11.8. The van der Waals surface area contributed by atoms with Crippen molar-refractivity contribution < 1.29 is 9.21 Å². The van der Waals surface area contributed by atoms with E-state index in [-0.39, 0.29) is 5.91 Å². The number of rotatable bonds is 4. The Labute approximate surface area is 134 Å². The first-order valence-electron chi connectivity index (χ1n) is 7.28. The number of nitrogens with one attached hydrogen (secondary N) is 1. The fourth-order valence-electron chi connectivity index (χ4n) is 2.10. The molecule has 0 atom stereocenters. The van der Waals surface area contributed by atoms with Gasteiger partial charge in [0.15, 0.2) is 0 Å². The number of carbonyl (C=O) groups is 1. The first kappa shape index (κ1) is 14.8. The number of amides is 1. The van der Waals surface area contributed by atoms with Gasteiger partial charge < -0.3 is 4.42 Å². The fourth-order valence-corrected chi connectivity index (χ4v) is 2.10. The molecular weight excluding hydrogens is 288 g/mol. The van der Waals surface area contributed by atoms with E-state index in [1.54, 1.807) is 24.3 Å². The number of carbonyl (C=O) groups excluding carboxylic acids is 1. The quantitative estimate of drug-likeness (QED) is 0.584. The lowest BCUT2D eigenvalue weighted by molar-refractivity contribution is 0.0955. The minimum absolute atomic E-state index is 0.257. The predicted molar refractivity (Wildman–Crippen MR) is 90.4 cm³/mol. The minimum atomic E-state index is -0.257. The Balaban J connectivity index is 1.65. The summed E-state index contributed by atoms with van der Waals surface area (Å²) < 4.78 is 5.70. The van der Waals surface area contributed by atoms with Crippen LogP contribution in [0.1, 0.15) is 21.7 Å². The molecule has 4 heteroatoms. The van der Waals surface area contributed by atoms with Crippen molar-refractivity contribution in [2.24, 2.45) is 5.10 Å². The zero-order valence-electron chi connectivity index (χ0n) is 12.7. The summed E-state index contributed by atoms with van der Waals surface area (Å²) in [6.45, 7) is 2.04. The third kappa shape index (κ3) is 3.74. The third-order valence-electron chi connectivity index (χ3n) is 3.36. The van der Waals surface area contributed by atoms with Crippen molar-refractivity contribution in [1.29, 1.82) is 0 Å². The Bertz CT molecular complexity index is 818. The predicted octanol–water partition coefficient (Wildman–Crippen LogP) is 4.02. The molecule has 23 heavy (non-hydrogen) atoms. The van der Waals surface area contributed by atoms with Gasteiger partial charge in [-0.15, -0.1) is 0 Å². The molecular formula is C19H16N2O2. The first-order chi connectivity index (χ1) is 11.2. The molecule has 0 unspecified atom stereocenters. The molecule has 0 saturated heterocycles.